The molecule has 0 spiro atoms. The van der Waals surface area contributed by atoms with Gasteiger partial charge < -0.3 is 5.11 Å². The largest absolute Gasteiger partial charge is 0.868 e. The Bertz CT molecular complexity index is 338. The molecule has 0 atom stereocenters. The zero-order valence-electron chi connectivity index (χ0n) is 6.20. The summed E-state index contributed by atoms with van der Waals surface area (Å²) in [4.78, 5) is 9.49. The third kappa shape index (κ3) is 1.48. The molecule has 0 amide bonds. The van der Waals surface area contributed by atoms with Crippen LogP contribution < -0.4 is 5.11 Å². The Hall–Kier alpha value is -1.29. The first-order valence-electron chi connectivity index (χ1n) is 3.14. The number of nitrogens with zero attached hydrogens (tertiary/aromatic N) is 1. The summed E-state index contributed by atoms with van der Waals surface area (Å²) in [6, 6.07) is 2.22. The van der Waals surface area contributed by atoms with Crippen LogP contribution in [0.15, 0.2) is 12.1 Å². The van der Waals surface area contributed by atoms with E-state index in [9.17, 15) is 15.2 Å². The first kappa shape index (κ1) is 8.80. The highest BCUT2D eigenvalue weighted by Crippen LogP contribution is 2.29. The summed E-state index contributed by atoms with van der Waals surface area (Å²) in [5.41, 5.74) is 0.0675. The molecule has 5 heteroatoms. The number of hydrogen-bond donors (Lipinski definition) is 0. The maximum Gasteiger partial charge on any atom is 0.263 e. The lowest BCUT2D eigenvalue weighted by atomic mass is 10.2. The molecule has 4 nitrogen and oxygen atoms in total. The van der Waals surface area contributed by atoms with Gasteiger partial charge in [-0.05, 0) is 18.2 Å². The van der Waals surface area contributed by atoms with Gasteiger partial charge in [-0.15, -0.1) is 0 Å². The molecule has 0 bridgehead atoms. The zero-order valence-corrected chi connectivity index (χ0v) is 6.96. The summed E-state index contributed by atoms with van der Waals surface area (Å²) in [6.45, 7) is 1.62. The summed E-state index contributed by atoms with van der Waals surface area (Å²) in [7, 11) is 0. The van der Waals surface area contributed by atoms with Crippen molar-refractivity contribution in [2.45, 2.75) is 6.92 Å². The molecule has 1 rings (SSSR count). The first-order valence-corrected chi connectivity index (χ1v) is 3.51. The fourth-order valence-corrected chi connectivity index (χ4v) is 0.945. The highest BCUT2D eigenvalue weighted by molar-refractivity contribution is 6.31. The number of rotatable bonds is 1. The fourth-order valence-electron chi connectivity index (χ4n) is 0.787. The lowest BCUT2D eigenvalue weighted by Crippen LogP contribution is -1.98. The van der Waals surface area contributed by atoms with Crippen LogP contribution in [0.1, 0.15) is 5.56 Å². The van der Waals surface area contributed by atoms with Crippen molar-refractivity contribution in [3.63, 3.8) is 0 Å². The molecule has 64 valence electrons. The van der Waals surface area contributed by atoms with Crippen molar-refractivity contribution >= 4 is 17.3 Å². The average molecular weight is 187 g/mol. The fraction of sp³-hybridized carbons (Fsp3) is 0.143. The predicted molar refractivity (Wildman–Crippen MR) is 42.3 cm³/mol. The van der Waals surface area contributed by atoms with E-state index in [2.05, 4.69) is 0 Å². The smallest absolute Gasteiger partial charge is 0.263 e. The Morgan fingerprint density at radius 2 is 2.08 bits per heavy atom. The van der Waals surface area contributed by atoms with Crippen molar-refractivity contribution in [1.82, 2.24) is 0 Å². The number of aryl methyl sites for hydroxylation is 1. The van der Waals surface area contributed by atoms with E-state index in [4.69, 9.17) is 11.6 Å². The standard InChI is InChI=1S/C7H6ClNO3/c1-4-2-7(10)6(9(11)12)3-5(4)8/h2-3,10H,1H3/p-1. The van der Waals surface area contributed by atoms with Crippen molar-refractivity contribution in [2.75, 3.05) is 0 Å². The molecule has 0 aliphatic carbocycles. The minimum Gasteiger partial charge on any atom is -0.868 e. The molecule has 0 fully saturated rings. The van der Waals surface area contributed by atoms with Gasteiger partial charge in [0.15, 0.2) is 0 Å². The van der Waals surface area contributed by atoms with Gasteiger partial charge in [0.05, 0.1) is 9.95 Å². The normalized spacial score (nSPS) is 9.83. The molecule has 1 aromatic carbocycles. The third-order valence-electron chi connectivity index (χ3n) is 1.44. The number of benzene rings is 1. The second-order valence-corrected chi connectivity index (χ2v) is 2.73. The van der Waals surface area contributed by atoms with E-state index in [0.29, 0.717) is 5.56 Å². The van der Waals surface area contributed by atoms with Crippen LogP contribution >= 0.6 is 11.6 Å². The number of nitro benzene ring substituents is 1. The van der Waals surface area contributed by atoms with Gasteiger partial charge in [-0.25, -0.2) is 0 Å². The molecule has 0 unspecified atom stereocenters. The summed E-state index contributed by atoms with van der Waals surface area (Å²) < 4.78 is 0. The molecule has 0 saturated heterocycles. The second kappa shape index (κ2) is 2.98. The predicted octanol–water partition coefficient (Wildman–Crippen LogP) is 1.63. The topological polar surface area (TPSA) is 66.2 Å². The van der Waals surface area contributed by atoms with Crippen molar-refractivity contribution in [1.29, 1.82) is 0 Å². The van der Waals surface area contributed by atoms with Gasteiger partial charge in [0.2, 0.25) is 0 Å². The summed E-state index contributed by atoms with van der Waals surface area (Å²) >= 11 is 5.59. The Morgan fingerprint density at radius 3 is 2.58 bits per heavy atom. The molecule has 12 heavy (non-hydrogen) atoms. The molecule has 0 heterocycles. The monoisotopic (exact) mass is 186 g/mol. The van der Waals surface area contributed by atoms with E-state index < -0.39 is 16.4 Å². The molecule has 1 aromatic rings. The van der Waals surface area contributed by atoms with Crippen LogP contribution in [0.2, 0.25) is 5.02 Å². The number of halogens is 1. The maximum atomic E-state index is 10.9. The Labute approximate surface area is 73.5 Å². The third-order valence-corrected chi connectivity index (χ3v) is 1.84. The molecule has 0 aliphatic heterocycles. The van der Waals surface area contributed by atoms with Crippen molar-refractivity contribution < 1.29 is 10.0 Å². The SMILES string of the molecule is Cc1cc([O-])c([N+](=O)[O-])cc1Cl. The van der Waals surface area contributed by atoms with Crippen LogP contribution in [0.5, 0.6) is 5.75 Å². The molecule has 0 aromatic heterocycles. The molecule has 0 radical (unpaired) electrons. The van der Waals surface area contributed by atoms with Crippen molar-refractivity contribution in [2.24, 2.45) is 0 Å². The highest BCUT2D eigenvalue weighted by atomic mass is 35.5. The Balaban J connectivity index is 3.33. The Kier molecular flexibility index (Phi) is 2.19. The average Bonchev–Trinajstić information content (AvgIpc) is 1.96. The quantitative estimate of drug-likeness (QED) is 0.495. The molecular weight excluding hydrogens is 182 g/mol. The first-order chi connectivity index (χ1) is 5.52. The Morgan fingerprint density at radius 1 is 1.50 bits per heavy atom. The van der Waals surface area contributed by atoms with Gasteiger partial charge in [0.1, 0.15) is 0 Å². The van der Waals surface area contributed by atoms with Crippen molar-refractivity contribution in [3.05, 3.63) is 32.8 Å². The minimum absolute atomic E-state index is 0.237. The number of hydrogen-bond acceptors (Lipinski definition) is 3. The summed E-state index contributed by atoms with van der Waals surface area (Å²) in [5.74, 6) is -0.609. The van der Waals surface area contributed by atoms with Gasteiger partial charge in [-0.3, -0.25) is 10.1 Å². The second-order valence-electron chi connectivity index (χ2n) is 2.33. The zero-order chi connectivity index (χ0) is 9.30. The van der Waals surface area contributed by atoms with Crippen LogP contribution in [0, 0.1) is 17.0 Å². The van der Waals surface area contributed by atoms with E-state index in [1.54, 1.807) is 6.92 Å². The van der Waals surface area contributed by atoms with Crippen LogP contribution in [-0.4, -0.2) is 4.92 Å². The maximum absolute atomic E-state index is 10.9. The lowest BCUT2D eigenvalue weighted by Gasteiger charge is -2.07. The molecule has 0 aliphatic rings. The van der Waals surface area contributed by atoms with E-state index in [1.807, 2.05) is 0 Å². The van der Waals surface area contributed by atoms with Gasteiger partial charge in [-0.2, -0.15) is 0 Å². The summed E-state index contributed by atoms with van der Waals surface area (Å²) in [6.07, 6.45) is 0. The van der Waals surface area contributed by atoms with Gasteiger partial charge >= 0.3 is 0 Å². The van der Waals surface area contributed by atoms with Crippen LogP contribution in [0.4, 0.5) is 5.69 Å². The van der Waals surface area contributed by atoms with E-state index in [-0.39, 0.29) is 5.02 Å². The van der Waals surface area contributed by atoms with E-state index in [1.165, 1.54) is 0 Å². The van der Waals surface area contributed by atoms with Gasteiger partial charge in [-0.1, -0.05) is 17.7 Å². The molecule has 0 N–H and O–H groups in total. The van der Waals surface area contributed by atoms with Crippen LogP contribution in [-0.2, 0) is 0 Å². The molecule has 0 saturated carbocycles. The van der Waals surface area contributed by atoms with Gasteiger partial charge in [0, 0.05) is 6.07 Å². The molecular formula is C7H5ClNO3-. The van der Waals surface area contributed by atoms with Crippen LogP contribution in [0.3, 0.4) is 0 Å². The van der Waals surface area contributed by atoms with Gasteiger partial charge in [0.25, 0.3) is 5.69 Å². The number of nitro groups is 1. The van der Waals surface area contributed by atoms with Crippen LogP contribution in [0.25, 0.3) is 0 Å². The van der Waals surface area contributed by atoms with E-state index >= 15 is 0 Å². The van der Waals surface area contributed by atoms with Crippen molar-refractivity contribution in [3.8, 4) is 5.75 Å². The lowest BCUT2D eigenvalue weighted by molar-refractivity contribution is -0.398. The minimum atomic E-state index is -0.742. The summed E-state index contributed by atoms with van der Waals surface area (Å²) in [5, 5.41) is 21.4. The highest BCUT2D eigenvalue weighted by Gasteiger charge is 2.08. The van der Waals surface area contributed by atoms with E-state index in [0.717, 1.165) is 12.1 Å².